The van der Waals surface area contributed by atoms with Crippen molar-refractivity contribution in [3.8, 4) is 0 Å². The van der Waals surface area contributed by atoms with E-state index < -0.39 is 5.54 Å². The normalized spacial score (nSPS) is 19.2. The molecule has 0 amide bonds. The maximum Gasteiger partial charge on any atom is 0.183 e. The molecule has 0 unspecified atom stereocenters. The summed E-state index contributed by atoms with van der Waals surface area (Å²) in [5.41, 5.74) is 0.0419. The number of rotatable bonds is 3. The molecular formula is C16H22FNO. The lowest BCUT2D eigenvalue weighted by molar-refractivity contribution is 0.0634. The maximum atomic E-state index is 13.3. The van der Waals surface area contributed by atoms with Gasteiger partial charge in [0.2, 0.25) is 0 Å². The van der Waals surface area contributed by atoms with Gasteiger partial charge in [0.15, 0.2) is 5.78 Å². The maximum absolute atomic E-state index is 13.3. The first kappa shape index (κ1) is 14.2. The minimum Gasteiger partial charge on any atom is -0.297 e. The lowest BCUT2D eigenvalue weighted by atomic mass is 9.81. The van der Waals surface area contributed by atoms with Gasteiger partial charge >= 0.3 is 0 Å². The van der Waals surface area contributed by atoms with E-state index in [2.05, 4.69) is 0 Å². The highest BCUT2D eigenvalue weighted by Gasteiger charge is 2.40. The monoisotopic (exact) mass is 263 g/mol. The number of hydrogen-bond acceptors (Lipinski definition) is 2. The van der Waals surface area contributed by atoms with Gasteiger partial charge in [0.25, 0.3) is 0 Å². The smallest absolute Gasteiger partial charge is 0.183 e. The Labute approximate surface area is 114 Å². The number of halogens is 1. The molecule has 0 atom stereocenters. The van der Waals surface area contributed by atoms with Crippen molar-refractivity contribution in [3.05, 3.63) is 35.6 Å². The number of ketones is 1. The summed E-state index contributed by atoms with van der Waals surface area (Å²) in [5, 5.41) is 0. The van der Waals surface area contributed by atoms with Crippen LogP contribution in [0.3, 0.4) is 0 Å². The largest absolute Gasteiger partial charge is 0.297 e. The standard InChI is InChI=1S/C16H22FNO/c1-18(2)16(10-5-3-4-6-11-16)15(19)13-8-7-9-14(17)12-13/h7-9,12H,3-6,10-11H2,1-2H3. The number of hydrogen-bond donors (Lipinski definition) is 0. The van der Waals surface area contributed by atoms with Crippen LogP contribution >= 0.6 is 0 Å². The van der Waals surface area contributed by atoms with Crippen LogP contribution in [0, 0.1) is 5.82 Å². The first-order valence-corrected chi connectivity index (χ1v) is 7.04. The lowest BCUT2D eigenvalue weighted by Gasteiger charge is -2.38. The average Bonchev–Trinajstić information content (AvgIpc) is 2.64. The van der Waals surface area contributed by atoms with E-state index in [4.69, 9.17) is 0 Å². The molecule has 0 aliphatic heterocycles. The molecule has 1 aliphatic rings. The molecule has 104 valence electrons. The molecule has 1 fully saturated rings. The summed E-state index contributed by atoms with van der Waals surface area (Å²) in [7, 11) is 3.92. The summed E-state index contributed by atoms with van der Waals surface area (Å²) in [6.45, 7) is 0. The first-order chi connectivity index (χ1) is 9.06. The van der Waals surface area contributed by atoms with Gasteiger partial charge in [-0.1, -0.05) is 37.8 Å². The fourth-order valence-corrected chi connectivity index (χ4v) is 3.09. The number of carbonyl (C=O) groups excluding carboxylic acids is 1. The van der Waals surface area contributed by atoms with Crippen molar-refractivity contribution in [3.63, 3.8) is 0 Å². The Balaban J connectivity index is 2.35. The third-order valence-corrected chi connectivity index (χ3v) is 4.30. The number of nitrogens with zero attached hydrogens (tertiary/aromatic N) is 1. The van der Waals surface area contributed by atoms with E-state index in [9.17, 15) is 9.18 Å². The summed E-state index contributed by atoms with van der Waals surface area (Å²) in [4.78, 5) is 14.9. The molecule has 0 heterocycles. The average molecular weight is 263 g/mol. The Hall–Kier alpha value is -1.22. The predicted molar refractivity (Wildman–Crippen MR) is 74.9 cm³/mol. The zero-order chi connectivity index (χ0) is 13.9. The Morgan fingerprint density at radius 2 is 1.79 bits per heavy atom. The topological polar surface area (TPSA) is 20.3 Å². The van der Waals surface area contributed by atoms with Gasteiger partial charge in [-0.3, -0.25) is 9.69 Å². The van der Waals surface area contributed by atoms with Crippen LogP contribution in [0.5, 0.6) is 0 Å². The van der Waals surface area contributed by atoms with Gasteiger partial charge in [0.1, 0.15) is 5.82 Å². The van der Waals surface area contributed by atoms with Gasteiger partial charge in [-0.15, -0.1) is 0 Å². The van der Waals surface area contributed by atoms with Crippen LogP contribution in [0.15, 0.2) is 24.3 Å². The van der Waals surface area contributed by atoms with Gasteiger partial charge in [0, 0.05) is 5.56 Å². The summed E-state index contributed by atoms with van der Waals surface area (Å²) in [6.07, 6.45) is 6.25. The lowest BCUT2D eigenvalue weighted by Crippen LogP contribution is -2.50. The third-order valence-electron chi connectivity index (χ3n) is 4.30. The minimum atomic E-state index is -0.454. The molecule has 1 aromatic carbocycles. The van der Waals surface area contributed by atoms with Crippen LogP contribution in [-0.4, -0.2) is 30.3 Å². The van der Waals surface area contributed by atoms with Crippen LogP contribution < -0.4 is 0 Å². The molecule has 1 saturated carbocycles. The van der Waals surface area contributed by atoms with E-state index >= 15 is 0 Å². The Morgan fingerprint density at radius 3 is 2.32 bits per heavy atom. The highest BCUT2D eigenvalue weighted by Crippen LogP contribution is 2.34. The molecule has 0 saturated heterocycles. The van der Waals surface area contributed by atoms with Crippen LogP contribution in [0.1, 0.15) is 48.9 Å². The molecule has 2 rings (SSSR count). The van der Waals surface area contributed by atoms with Gasteiger partial charge in [0.05, 0.1) is 5.54 Å². The fourth-order valence-electron chi connectivity index (χ4n) is 3.09. The molecule has 0 spiro atoms. The Kier molecular flexibility index (Phi) is 4.35. The Bertz CT molecular complexity index is 448. The second-order valence-corrected chi connectivity index (χ2v) is 5.68. The number of carbonyl (C=O) groups is 1. The fraction of sp³-hybridized carbons (Fsp3) is 0.562. The molecule has 1 aliphatic carbocycles. The molecule has 0 aromatic heterocycles. The van der Waals surface area contributed by atoms with Gasteiger partial charge in [-0.2, -0.15) is 0 Å². The van der Waals surface area contributed by atoms with Crippen LogP contribution in [0.4, 0.5) is 4.39 Å². The molecule has 1 aromatic rings. The van der Waals surface area contributed by atoms with Crippen LogP contribution in [-0.2, 0) is 0 Å². The molecular weight excluding hydrogens is 241 g/mol. The molecule has 0 N–H and O–H groups in total. The van der Waals surface area contributed by atoms with Crippen molar-refractivity contribution < 1.29 is 9.18 Å². The summed E-state index contributed by atoms with van der Waals surface area (Å²) >= 11 is 0. The van der Waals surface area contributed by atoms with E-state index in [-0.39, 0.29) is 11.6 Å². The second-order valence-electron chi connectivity index (χ2n) is 5.68. The quantitative estimate of drug-likeness (QED) is 0.612. The molecule has 0 bridgehead atoms. The van der Waals surface area contributed by atoms with Crippen LogP contribution in [0.2, 0.25) is 0 Å². The Morgan fingerprint density at radius 1 is 1.16 bits per heavy atom. The zero-order valence-electron chi connectivity index (χ0n) is 11.8. The van der Waals surface area contributed by atoms with Gasteiger partial charge in [-0.25, -0.2) is 4.39 Å². The summed E-state index contributed by atoms with van der Waals surface area (Å²) in [6, 6.07) is 6.08. The van der Waals surface area contributed by atoms with Crippen molar-refractivity contribution in [1.29, 1.82) is 0 Å². The van der Waals surface area contributed by atoms with E-state index in [1.165, 1.54) is 25.0 Å². The van der Waals surface area contributed by atoms with E-state index in [0.29, 0.717) is 5.56 Å². The summed E-state index contributed by atoms with van der Waals surface area (Å²) in [5.74, 6) is -0.271. The van der Waals surface area contributed by atoms with E-state index in [1.54, 1.807) is 12.1 Å². The highest BCUT2D eigenvalue weighted by atomic mass is 19.1. The number of benzene rings is 1. The van der Waals surface area contributed by atoms with E-state index in [1.807, 2.05) is 19.0 Å². The summed E-state index contributed by atoms with van der Waals surface area (Å²) < 4.78 is 13.3. The SMILES string of the molecule is CN(C)C1(C(=O)c2cccc(F)c2)CCCCCC1. The zero-order valence-corrected chi connectivity index (χ0v) is 11.8. The minimum absolute atomic E-state index is 0.0684. The van der Waals surface area contributed by atoms with Crippen molar-refractivity contribution in [2.24, 2.45) is 0 Å². The molecule has 3 heteroatoms. The molecule has 0 radical (unpaired) electrons. The van der Waals surface area contributed by atoms with Crippen LogP contribution in [0.25, 0.3) is 0 Å². The van der Waals surface area contributed by atoms with Gasteiger partial charge in [-0.05, 0) is 39.1 Å². The second kappa shape index (κ2) is 5.83. The van der Waals surface area contributed by atoms with Crippen molar-refractivity contribution in [1.82, 2.24) is 4.90 Å². The van der Waals surface area contributed by atoms with Crippen molar-refractivity contribution in [2.75, 3.05) is 14.1 Å². The van der Waals surface area contributed by atoms with Crippen molar-refractivity contribution in [2.45, 2.75) is 44.1 Å². The molecule has 2 nitrogen and oxygen atoms in total. The first-order valence-electron chi connectivity index (χ1n) is 7.04. The predicted octanol–water partition coefficient (Wildman–Crippen LogP) is 3.66. The molecule has 19 heavy (non-hydrogen) atoms. The van der Waals surface area contributed by atoms with Gasteiger partial charge < -0.3 is 0 Å². The van der Waals surface area contributed by atoms with E-state index in [0.717, 1.165) is 25.7 Å². The highest BCUT2D eigenvalue weighted by molar-refractivity contribution is 6.03. The number of Topliss-reactive ketones (excluding diaryl/α,β-unsaturated/α-hetero) is 1. The van der Waals surface area contributed by atoms with Crippen molar-refractivity contribution >= 4 is 5.78 Å². The third kappa shape index (κ3) is 2.86. The number of likely N-dealkylation sites (N-methyl/N-ethyl adjacent to an activating group) is 1.